The molecule has 0 aliphatic heterocycles. The van der Waals surface area contributed by atoms with E-state index in [2.05, 4.69) is 15.9 Å². The third kappa shape index (κ3) is 3.32. The Kier molecular flexibility index (Phi) is 3.27. The van der Waals surface area contributed by atoms with Gasteiger partial charge in [0.1, 0.15) is 3.81 Å². The number of rotatable bonds is 2. The zero-order valence-corrected chi connectivity index (χ0v) is 9.47. The zero-order chi connectivity index (χ0) is 9.90. The van der Waals surface area contributed by atoms with Gasteiger partial charge in [-0.15, -0.1) is 0 Å². The van der Waals surface area contributed by atoms with Crippen LogP contribution in [-0.2, 0) is 9.84 Å². The SMILES string of the molecule is CS(=O)(=O)C(Br)=Cc1ccccc1. The Morgan fingerprint density at radius 3 is 2.31 bits per heavy atom. The normalized spacial score (nSPS) is 12.9. The first-order chi connectivity index (χ1) is 6.00. The molecule has 0 atom stereocenters. The van der Waals surface area contributed by atoms with Gasteiger partial charge in [0, 0.05) is 6.26 Å². The fraction of sp³-hybridized carbons (Fsp3) is 0.111. The van der Waals surface area contributed by atoms with E-state index in [-0.39, 0.29) is 3.81 Å². The number of halogens is 1. The third-order valence-electron chi connectivity index (χ3n) is 1.43. The van der Waals surface area contributed by atoms with Crippen LogP contribution in [0.4, 0.5) is 0 Å². The molecule has 0 fully saturated rings. The maximum atomic E-state index is 11.0. The average Bonchev–Trinajstić information content (AvgIpc) is 2.04. The summed E-state index contributed by atoms with van der Waals surface area (Å²) in [5, 5.41) is 0. The molecule has 2 nitrogen and oxygen atoms in total. The highest BCUT2D eigenvalue weighted by molar-refractivity contribution is 9.13. The lowest BCUT2D eigenvalue weighted by molar-refractivity contribution is 0.610. The molecule has 0 radical (unpaired) electrons. The second-order valence-corrected chi connectivity index (χ2v) is 5.99. The van der Waals surface area contributed by atoms with Gasteiger partial charge in [-0.25, -0.2) is 8.42 Å². The summed E-state index contributed by atoms with van der Waals surface area (Å²) >= 11 is 3.01. The molecule has 0 aromatic heterocycles. The molecule has 0 aliphatic rings. The van der Waals surface area contributed by atoms with Crippen molar-refractivity contribution in [3.05, 3.63) is 39.7 Å². The van der Waals surface area contributed by atoms with Gasteiger partial charge in [-0.2, -0.15) is 0 Å². The standard InChI is InChI=1S/C9H9BrO2S/c1-13(11,12)9(10)7-8-5-3-2-4-6-8/h2-7H,1H3. The molecule has 1 aromatic carbocycles. The molecule has 4 heteroatoms. The molecule has 1 aromatic rings. The molecule has 0 bridgehead atoms. The Morgan fingerprint density at radius 1 is 1.31 bits per heavy atom. The fourth-order valence-corrected chi connectivity index (χ4v) is 1.40. The predicted molar refractivity (Wildman–Crippen MR) is 58.2 cm³/mol. The molecule has 1 rings (SSSR count). The Hall–Kier alpha value is -0.610. The van der Waals surface area contributed by atoms with Gasteiger partial charge < -0.3 is 0 Å². The van der Waals surface area contributed by atoms with Gasteiger partial charge in [0.25, 0.3) is 0 Å². The van der Waals surface area contributed by atoms with E-state index < -0.39 is 9.84 Å². The Bertz CT molecular complexity index is 407. The van der Waals surface area contributed by atoms with E-state index >= 15 is 0 Å². The lowest BCUT2D eigenvalue weighted by atomic mass is 10.2. The smallest absolute Gasteiger partial charge is 0.182 e. The van der Waals surface area contributed by atoms with Crippen molar-refractivity contribution in [2.24, 2.45) is 0 Å². The third-order valence-corrected chi connectivity index (χ3v) is 4.25. The van der Waals surface area contributed by atoms with Crippen molar-refractivity contribution in [1.29, 1.82) is 0 Å². The van der Waals surface area contributed by atoms with Crippen LogP contribution in [0.5, 0.6) is 0 Å². The monoisotopic (exact) mass is 260 g/mol. The second-order valence-electron chi connectivity index (χ2n) is 2.63. The van der Waals surface area contributed by atoms with Crippen LogP contribution in [0.15, 0.2) is 34.1 Å². The second kappa shape index (κ2) is 4.07. The molecule has 70 valence electrons. The van der Waals surface area contributed by atoms with E-state index in [0.29, 0.717) is 0 Å². The van der Waals surface area contributed by atoms with Crippen molar-refractivity contribution in [3.8, 4) is 0 Å². The van der Waals surface area contributed by atoms with Crippen molar-refractivity contribution in [1.82, 2.24) is 0 Å². The van der Waals surface area contributed by atoms with Gasteiger partial charge in [0.15, 0.2) is 9.84 Å². The summed E-state index contributed by atoms with van der Waals surface area (Å²) in [5.41, 5.74) is 0.861. The highest BCUT2D eigenvalue weighted by Crippen LogP contribution is 2.17. The number of hydrogen-bond acceptors (Lipinski definition) is 2. The minimum absolute atomic E-state index is 0.200. The van der Waals surface area contributed by atoms with Crippen LogP contribution >= 0.6 is 15.9 Å². The summed E-state index contributed by atoms with van der Waals surface area (Å²) in [5.74, 6) is 0. The number of hydrogen-bond donors (Lipinski definition) is 0. The van der Waals surface area contributed by atoms with Crippen LogP contribution in [0.1, 0.15) is 5.56 Å². The first-order valence-corrected chi connectivity index (χ1v) is 6.31. The minimum atomic E-state index is -3.12. The first kappa shape index (κ1) is 10.5. The summed E-state index contributed by atoms with van der Waals surface area (Å²) in [7, 11) is -3.12. The van der Waals surface area contributed by atoms with Gasteiger partial charge in [0.2, 0.25) is 0 Å². The van der Waals surface area contributed by atoms with Gasteiger partial charge in [-0.05, 0) is 27.6 Å². The number of benzene rings is 1. The maximum absolute atomic E-state index is 11.0. The van der Waals surface area contributed by atoms with Crippen molar-refractivity contribution in [2.75, 3.05) is 6.26 Å². The van der Waals surface area contributed by atoms with Crippen LogP contribution in [0.2, 0.25) is 0 Å². The van der Waals surface area contributed by atoms with Gasteiger partial charge >= 0.3 is 0 Å². The van der Waals surface area contributed by atoms with Crippen LogP contribution < -0.4 is 0 Å². The van der Waals surface area contributed by atoms with E-state index in [9.17, 15) is 8.42 Å². The van der Waals surface area contributed by atoms with Crippen molar-refractivity contribution in [3.63, 3.8) is 0 Å². The van der Waals surface area contributed by atoms with Gasteiger partial charge in [0.05, 0.1) is 0 Å². The lowest BCUT2D eigenvalue weighted by Crippen LogP contribution is -1.93. The average molecular weight is 261 g/mol. The van der Waals surface area contributed by atoms with E-state index in [1.165, 1.54) is 0 Å². The quantitative estimate of drug-likeness (QED) is 0.819. The summed E-state index contributed by atoms with van der Waals surface area (Å²) in [4.78, 5) is 0. The predicted octanol–water partition coefficient (Wildman–Crippen LogP) is 2.42. The molecule has 0 unspecified atom stereocenters. The molecular formula is C9H9BrO2S. The molecule has 0 spiro atoms. The molecule has 0 saturated heterocycles. The van der Waals surface area contributed by atoms with E-state index in [1.54, 1.807) is 6.08 Å². The highest BCUT2D eigenvalue weighted by Gasteiger charge is 2.06. The van der Waals surface area contributed by atoms with E-state index in [1.807, 2.05) is 30.3 Å². The fourth-order valence-electron chi connectivity index (χ4n) is 0.787. The van der Waals surface area contributed by atoms with E-state index in [4.69, 9.17) is 0 Å². The number of sulfone groups is 1. The highest BCUT2D eigenvalue weighted by atomic mass is 79.9. The zero-order valence-electron chi connectivity index (χ0n) is 7.07. The summed E-state index contributed by atoms with van der Waals surface area (Å²) in [6.45, 7) is 0. The van der Waals surface area contributed by atoms with Crippen LogP contribution in [0.3, 0.4) is 0 Å². The minimum Gasteiger partial charge on any atom is -0.223 e. The van der Waals surface area contributed by atoms with Crippen LogP contribution in [-0.4, -0.2) is 14.7 Å². The topological polar surface area (TPSA) is 34.1 Å². The Labute approximate surface area is 86.3 Å². The molecule has 0 aliphatic carbocycles. The molecule has 0 amide bonds. The van der Waals surface area contributed by atoms with Crippen molar-refractivity contribution < 1.29 is 8.42 Å². The van der Waals surface area contributed by atoms with Gasteiger partial charge in [-0.3, -0.25) is 0 Å². The lowest BCUT2D eigenvalue weighted by Gasteiger charge is -1.95. The Morgan fingerprint density at radius 2 is 1.85 bits per heavy atom. The van der Waals surface area contributed by atoms with Gasteiger partial charge in [-0.1, -0.05) is 30.3 Å². The molecule has 0 saturated carbocycles. The molecule has 0 heterocycles. The first-order valence-electron chi connectivity index (χ1n) is 3.62. The summed E-state index contributed by atoms with van der Waals surface area (Å²) < 4.78 is 22.2. The summed E-state index contributed by atoms with van der Waals surface area (Å²) in [6, 6.07) is 9.27. The van der Waals surface area contributed by atoms with E-state index in [0.717, 1.165) is 11.8 Å². The molecule has 13 heavy (non-hydrogen) atoms. The largest absolute Gasteiger partial charge is 0.223 e. The molecular weight excluding hydrogens is 252 g/mol. The summed E-state index contributed by atoms with van der Waals surface area (Å²) in [6.07, 6.45) is 2.74. The Balaban J connectivity index is 3.04. The van der Waals surface area contributed by atoms with Crippen LogP contribution in [0.25, 0.3) is 6.08 Å². The van der Waals surface area contributed by atoms with Crippen molar-refractivity contribution >= 4 is 31.8 Å². The van der Waals surface area contributed by atoms with Crippen molar-refractivity contribution in [2.45, 2.75) is 0 Å². The van der Waals surface area contributed by atoms with Crippen LogP contribution in [0, 0.1) is 0 Å². The maximum Gasteiger partial charge on any atom is 0.182 e. The molecule has 0 N–H and O–H groups in total.